The molecule has 0 aliphatic carbocycles. The fourth-order valence-electron chi connectivity index (χ4n) is 4.20. The van der Waals surface area contributed by atoms with E-state index >= 15 is 0 Å². The lowest BCUT2D eigenvalue weighted by Crippen LogP contribution is -2.48. The average Bonchev–Trinajstić information content (AvgIpc) is 2.70. The molecule has 3 nitrogen and oxygen atoms in total. The van der Waals surface area contributed by atoms with Crippen LogP contribution in [0.3, 0.4) is 0 Å². The Morgan fingerprint density at radius 1 is 1.00 bits per heavy atom. The zero-order valence-corrected chi connectivity index (χ0v) is 16.9. The fourth-order valence-corrected chi connectivity index (χ4v) is 4.20. The van der Waals surface area contributed by atoms with Crippen molar-refractivity contribution in [1.29, 1.82) is 0 Å². The summed E-state index contributed by atoms with van der Waals surface area (Å²) in [6.45, 7) is 9.44. The normalized spacial score (nSPS) is 15.7. The topological polar surface area (TPSA) is 23.6 Å². The van der Waals surface area contributed by atoms with Crippen LogP contribution < -0.4 is 4.90 Å². The Hall–Kier alpha value is -2.13. The third kappa shape index (κ3) is 4.78. The predicted molar refractivity (Wildman–Crippen MR) is 113 cm³/mol. The minimum atomic E-state index is 0.245. The van der Waals surface area contributed by atoms with E-state index in [1.54, 1.807) is 0 Å². The molecule has 0 saturated carbocycles. The number of rotatable bonds is 6. The first kappa shape index (κ1) is 19.6. The molecule has 3 heteroatoms. The first-order chi connectivity index (χ1) is 13.1. The van der Waals surface area contributed by atoms with Gasteiger partial charge in [0.1, 0.15) is 0 Å². The first-order valence-electron chi connectivity index (χ1n) is 10.2. The van der Waals surface area contributed by atoms with E-state index in [1.165, 1.54) is 16.7 Å². The summed E-state index contributed by atoms with van der Waals surface area (Å²) in [4.78, 5) is 17.5. The number of carbonyl (C=O) groups is 1. The predicted octanol–water partition coefficient (Wildman–Crippen LogP) is 4.75. The minimum Gasteiger partial charge on any atom is -0.309 e. The Labute approximate surface area is 164 Å². The summed E-state index contributed by atoms with van der Waals surface area (Å²) in [5.74, 6) is 0.245. The highest BCUT2D eigenvalue weighted by atomic mass is 16.2. The van der Waals surface area contributed by atoms with Crippen molar-refractivity contribution in [3.63, 3.8) is 0 Å². The van der Waals surface area contributed by atoms with E-state index in [0.717, 1.165) is 44.6 Å². The largest absolute Gasteiger partial charge is 0.309 e. The smallest absolute Gasteiger partial charge is 0.226 e. The van der Waals surface area contributed by atoms with Crippen molar-refractivity contribution >= 4 is 11.6 Å². The number of piperidine rings is 1. The highest BCUT2D eigenvalue weighted by molar-refractivity contribution is 5.95. The van der Waals surface area contributed by atoms with Gasteiger partial charge in [-0.25, -0.2) is 0 Å². The van der Waals surface area contributed by atoms with E-state index in [0.29, 0.717) is 12.5 Å². The number of nitrogens with zero attached hydrogens (tertiary/aromatic N) is 2. The molecular weight excluding hydrogens is 332 g/mol. The molecular formula is C24H32N2O. The number of benzene rings is 2. The summed E-state index contributed by atoms with van der Waals surface area (Å²) >= 11 is 0. The van der Waals surface area contributed by atoms with Gasteiger partial charge >= 0.3 is 0 Å². The van der Waals surface area contributed by atoms with E-state index in [4.69, 9.17) is 0 Å². The van der Waals surface area contributed by atoms with Crippen LogP contribution in [-0.2, 0) is 11.2 Å². The molecule has 0 N–H and O–H groups in total. The van der Waals surface area contributed by atoms with Crippen LogP contribution in [0, 0.1) is 13.8 Å². The number of hydrogen-bond donors (Lipinski definition) is 0. The molecule has 1 saturated heterocycles. The Bertz CT molecular complexity index is 728. The number of anilines is 1. The van der Waals surface area contributed by atoms with Gasteiger partial charge in [0.25, 0.3) is 0 Å². The zero-order valence-electron chi connectivity index (χ0n) is 16.9. The lowest BCUT2D eigenvalue weighted by molar-refractivity contribution is -0.119. The third-order valence-electron chi connectivity index (χ3n) is 5.73. The Balaban J connectivity index is 1.65. The van der Waals surface area contributed by atoms with Crippen molar-refractivity contribution in [2.45, 2.75) is 52.5 Å². The zero-order chi connectivity index (χ0) is 19.2. The lowest BCUT2D eigenvalue weighted by Gasteiger charge is -2.39. The van der Waals surface area contributed by atoms with E-state index in [-0.39, 0.29) is 5.91 Å². The van der Waals surface area contributed by atoms with Crippen molar-refractivity contribution in [2.24, 2.45) is 0 Å². The van der Waals surface area contributed by atoms with Gasteiger partial charge in [0.2, 0.25) is 5.91 Å². The number of likely N-dealkylation sites (tertiary alicyclic amines) is 1. The van der Waals surface area contributed by atoms with Gasteiger partial charge in [-0.3, -0.25) is 4.79 Å². The van der Waals surface area contributed by atoms with E-state index in [1.807, 2.05) is 6.92 Å². The van der Waals surface area contributed by atoms with E-state index < -0.39 is 0 Å². The molecule has 0 spiro atoms. The number of para-hydroxylation sites is 1. The Kier molecular flexibility index (Phi) is 6.68. The molecule has 0 atom stereocenters. The van der Waals surface area contributed by atoms with Gasteiger partial charge in [-0.1, -0.05) is 55.5 Å². The van der Waals surface area contributed by atoms with E-state index in [9.17, 15) is 4.79 Å². The molecule has 0 bridgehead atoms. The van der Waals surface area contributed by atoms with Crippen molar-refractivity contribution in [2.75, 3.05) is 24.5 Å². The summed E-state index contributed by atoms with van der Waals surface area (Å²) in [5.41, 5.74) is 4.93. The second kappa shape index (κ2) is 9.18. The maximum atomic E-state index is 12.8. The monoisotopic (exact) mass is 364 g/mol. The highest BCUT2D eigenvalue weighted by Crippen LogP contribution is 2.30. The first-order valence-corrected chi connectivity index (χ1v) is 10.2. The van der Waals surface area contributed by atoms with Gasteiger partial charge < -0.3 is 9.80 Å². The molecule has 27 heavy (non-hydrogen) atoms. The number of aryl methyl sites for hydroxylation is 2. The third-order valence-corrected chi connectivity index (χ3v) is 5.73. The van der Waals surface area contributed by atoms with Crippen LogP contribution in [0.2, 0.25) is 0 Å². The molecule has 0 radical (unpaired) electrons. The number of hydrogen-bond acceptors (Lipinski definition) is 2. The lowest BCUT2D eigenvalue weighted by atomic mass is 9.98. The molecule has 144 valence electrons. The summed E-state index contributed by atoms with van der Waals surface area (Å²) < 4.78 is 0. The summed E-state index contributed by atoms with van der Waals surface area (Å²) in [5, 5.41) is 0. The summed E-state index contributed by atoms with van der Waals surface area (Å²) in [7, 11) is 0. The van der Waals surface area contributed by atoms with Crippen molar-refractivity contribution in [3.05, 3.63) is 65.2 Å². The molecule has 0 unspecified atom stereocenters. The number of carbonyl (C=O) groups excluding carboxylic acids is 1. The maximum Gasteiger partial charge on any atom is 0.226 e. The minimum absolute atomic E-state index is 0.245. The van der Waals surface area contributed by atoms with Crippen LogP contribution in [0.25, 0.3) is 0 Å². The summed E-state index contributed by atoms with van der Waals surface area (Å²) in [6.07, 6.45) is 3.75. The molecule has 1 amide bonds. The molecule has 3 rings (SSSR count). The van der Waals surface area contributed by atoms with Crippen LogP contribution in [0.1, 0.15) is 42.9 Å². The van der Waals surface area contributed by atoms with Crippen molar-refractivity contribution in [1.82, 2.24) is 4.90 Å². The molecule has 0 aromatic heterocycles. The van der Waals surface area contributed by atoms with E-state index in [2.05, 4.69) is 72.2 Å². The Morgan fingerprint density at radius 2 is 1.63 bits per heavy atom. The highest BCUT2D eigenvalue weighted by Gasteiger charge is 2.29. The quantitative estimate of drug-likeness (QED) is 0.738. The summed E-state index contributed by atoms with van der Waals surface area (Å²) in [6, 6.07) is 17.3. The van der Waals surface area contributed by atoms with Crippen LogP contribution in [0.4, 0.5) is 5.69 Å². The molecule has 1 fully saturated rings. The van der Waals surface area contributed by atoms with Gasteiger partial charge in [0.15, 0.2) is 0 Å². The van der Waals surface area contributed by atoms with Gasteiger partial charge in [0.05, 0.1) is 0 Å². The second-order valence-corrected chi connectivity index (χ2v) is 7.67. The van der Waals surface area contributed by atoms with Crippen LogP contribution in [0.5, 0.6) is 0 Å². The van der Waals surface area contributed by atoms with Crippen LogP contribution in [-0.4, -0.2) is 36.5 Å². The van der Waals surface area contributed by atoms with Gasteiger partial charge in [0, 0.05) is 37.8 Å². The average molecular weight is 365 g/mol. The van der Waals surface area contributed by atoms with Crippen LogP contribution >= 0.6 is 0 Å². The molecule has 2 aromatic carbocycles. The molecule has 1 aliphatic heterocycles. The van der Waals surface area contributed by atoms with Gasteiger partial charge in [-0.15, -0.1) is 0 Å². The van der Waals surface area contributed by atoms with Crippen molar-refractivity contribution < 1.29 is 4.79 Å². The Morgan fingerprint density at radius 3 is 2.22 bits per heavy atom. The fraction of sp³-hybridized carbons (Fsp3) is 0.458. The maximum absolute atomic E-state index is 12.8. The SMILES string of the molecule is CCC(=O)N(c1c(C)cccc1C)C1CCN(CCc2ccccc2)CC1. The van der Waals surface area contributed by atoms with Gasteiger partial charge in [-0.05, 0) is 49.8 Å². The second-order valence-electron chi connectivity index (χ2n) is 7.67. The standard InChI is InChI=1S/C24H32N2O/c1-4-23(27)26(24-19(2)9-8-10-20(24)3)22-14-17-25(18-15-22)16-13-21-11-6-5-7-12-21/h5-12,22H,4,13-18H2,1-3H3. The van der Waals surface area contributed by atoms with Crippen molar-refractivity contribution in [3.8, 4) is 0 Å². The molecule has 1 aliphatic rings. The van der Waals surface area contributed by atoms with Crippen LogP contribution in [0.15, 0.2) is 48.5 Å². The molecule has 1 heterocycles. The van der Waals surface area contributed by atoms with Gasteiger partial charge in [-0.2, -0.15) is 0 Å². The molecule has 2 aromatic rings. The number of amides is 1.